The topological polar surface area (TPSA) is 98.5 Å². The van der Waals surface area contributed by atoms with Crippen LogP contribution in [0.4, 0.5) is 4.79 Å². The number of aryl methyl sites for hydroxylation is 1. The molecule has 0 spiro atoms. The lowest BCUT2D eigenvalue weighted by Crippen LogP contribution is -2.37. The molecule has 2 rings (SSSR count). The molecule has 7 heteroatoms. The predicted octanol–water partition coefficient (Wildman–Crippen LogP) is 2.14. The summed E-state index contributed by atoms with van der Waals surface area (Å²) in [4.78, 5) is 11.4. The molecule has 0 saturated carbocycles. The molecule has 0 aliphatic heterocycles. The minimum absolute atomic E-state index is 0.109. The summed E-state index contributed by atoms with van der Waals surface area (Å²) >= 11 is 0. The number of carbonyl (C=O) groups excluding carboxylic acids is 1. The molecule has 0 aromatic heterocycles. The van der Waals surface area contributed by atoms with Gasteiger partial charge in [0.2, 0.25) is 9.84 Å². The van der Waals surface area contributed by atoms with E-state index in [1.165, 1.54) is 19.2 Å². The van der Waals surface area contributed by atoms with Crippen LogP contribution in [-0.4, -0.2) is 21.6 Å². The van der Waals surface area contributed by atoms with Crippen molar-refractivity contribution >= 4 is 15.9 Å². The summed E-state index contributed by atoms with van der Waals surface area (Å²) in [6, 6.07) is 11.9. The van der Waals surface area contributed by atoms with Gasteiger partial charge >= 0.3 is 6.03 Å². The van der Waals surface area contributed by atoms with E-state index < -0.39 is 21.2 Å². The minimum atomic E-state index is -3.84. The summed E-state index contributed by atoms with van der Waals surface area (Å²) in [5.41, 5.74) is 6.48. The first-order chi connectivity index (χ1) is 10.8. The Kier molecular flexibility index (Phi) is 4.90. The van der Waals surface area contributed by atoms with E-state index in [2.05, 4.69) is 5.32 Å². The van der Waals surface area contributed by atoms with E-state index in [0.29, 0.717) is 11.3 Å². The number of hydrogen-bond donors (Lipinski definition) is 2. The normalized spacial score (nSPS) is 12.4. The van der Waals surface area contributed by atoms with Crippen LogP contribution in [0.5, 0.6) is 5.75 Å². The second kappa shape index (κ2) is 6.70. The van der Waals surface area contributed by atoms with E-state index in [4.69, 9.17) is 10.5 Å². The fourth-order valence-electron chi connectivity index (χ4n) is 2.11. The van der Waals surface area contributed by atoms with Crippen molar-refractivity contribution in [2.75, 3.05) is 7.11 Å². The van der Waals surface area contributed by atoms with Gasteiger partial charge in [-0.3, -0.25) is 0 Å². The monoisotopic (exact) mass is 334 g/mol. The molecule has 0 heterocycles. The maximum atomic E-state index is 12.8. The molecule has 23 heavy (non-hydrogen) atoms. The Morgan fingerprint density at radius 2 is 1.65 bits per heavy atom. The van der Waals surface area contributed by atoms with Gasteiger partial charge in [-0.2, -0.15) is 0 Å². The maximum absolute atomic E-state index is 12.8. The Hall–Kier alpha value is -2.54. The first-order valence-electron chi connectivity index (χ1n) is 6.85. The molecule has 0 aliphatic rings. The maximum Gasteiger partial charge on any atom is 0.313 e. The number of amides is 2. The van der Waals surface area contributed by atoms with Crippen LogP contribution >= 0.6 is 0 Å². The second-order valence-corrected chi connectivity index (χ2v) is 7.05. The zero-order chi connectivity index (χ0) is 17.0. The Morgan fingerprint density at radius 3 is 2.13 bits per heavy atom. The number of methoxy groups -OCH3 is 1. The van der Waals surface area contributed by atoms with E-state index >= 15 is 0 Å². The van der Waals surface area contributed by atoms with Gasteiger partial charge in [0.15, 0.2) is 5.37 Å². The quantitative estimate of drug-likeness (QED) is 0.875. The Labute approximate surface area is 135 Å². The molecule has 1 atom stereocenters. The molecule has 0 saturated heterocycles. The van der Waals surface area contributed by atoms with Crippen LogP contribution < -0.4 is 15.8 Å². The Balaban J connectivity index is 2.48. The van der Waals surface area contributed by atoms with Crippen LogP contribution in [-0.2, 0) is 9.84 Å². The number of nitrogens with two attached hydrogens (primary N) is 1. The third kappa shape index (κ3) is 3.81. The summed E-state index contributed by atoms with van der Waals surface area (Å²) in [5.74, 6) is 0.583. The number of nitrogens with one attached hydrogen (secondary N) is 1. The second-order valence-electron chi connectivity index (χ2n) is 5.02. The molecule has 2 aromatic rings. The third-order valence-electron chi connectivity index (χ3n) is 3.35. The number of hydrogen-bond acceptors (Lipinski definition) is 4. The van der Waals surface area contributed by atoms with Gasteiger partial charge in [0, 0.05) is 0 Å². The van der Waals surface area contributed by atoms with Gasteiger partial charge in [0.25, 0.3) is 0 Å². The average Bonchev–Trinajstić information content (AvgIpc) is 2.53. The minimum Gasteiger partial charge on any atom is -0.497 e. The molecule has 0 fully saturated rings. The number of benzene rings is 2. The van der Waals surface area contributed by atoms with E-state index in [9.17, 15) is 13.2 Å². The van der Waals surface area contributed by atoms with E-state index in [0.717, 1.165) is 5.56 Å². The van der Waals surface area contributed by atoms with Gasteiger partial charge < -0.3 is 15.8 Å². The fourth-order valence-corrected chi connectivity index (χ4v) is 3.69. The number of urea groups is 1. The number of primary amides is 1. The smallest absolute Gasteiger partial charge is 0.313 e. The highest BCUT2D eigenvalue weighted by atomic mass is 32.2. The molecule has 122 valence electrons. The lowest BCUT2D eigenvalue weighted by molar-refractivity contribution is 0.248. The van der Waals surface area contributed by atoms with Crippen molar-refractivity contribution in [2.45, 2.75) is 17.2 Å². The van der Waals surface area contributed by atoms with Crippen LogP contribution in [0.15, 0.2) is 53.4 Å². The van der Waals surface area contributed by atoms with Gasteiger partial charge in [-0.05, 0) is 36.8 Å². The first-order valence-corrected chi connectivity index (χ1v) is 8.39. The molecule has 0 aliphatic carbocycles. The molecular formula is C16H18N2O4S. The lowest BCUT2D eigenvalue weighted by atomic mass is 10.2. The fraction of sp³-hybridized carbons (Fsp3) is 0.188. The molecule has 2 aromatic carbocycles. The van der Waals surface area contributed by atoms with Crippen molar-refractivity contribution in [1.29, 1.82) is 0 Å². The van der Waals surface area contributed by atoms with Crippen LogP contribution in [0, 0.1) is 6.92 Å². The number of rotatable bonds is 5. The number of ether oxygens (including phenoxy) is 1. The largest absolute Gasteiger partial charge is 0.497 e. The molecule has 6 nitrogen and oxygen atoms in total. The zero-order valence-corrected chi connectivity index (χ0v) is 13.6. The summed E-state index contributed by atoms with van der Waals surface area (Å²) in [7, 11) is -2.33. The van der Waals surface area contributed by atoms with E-state index in [1.54, 1.807) is 36.4 Å². The highest BCUT2D eigenvalue weighted by Crippen LogP contribution is 2.28. The van der Waals surface area contributed by atoms with E-state index in [1.807, 2.05) is 6.92 Å². The molecule has 2 amide bonds. The summed E-state index contributed by atoms with van der Waals surface area (Å²) in [6.07, 6.45) is 0. The summed E-state index contributed by atoms with van der Waals surface area (Å²) in [5, 5.41) is 1.03. The third-order valence-corrected chi connectivity index (χ3v) is 5.29. The van der Waals surface area contributed by atoms with Gasteiger partial charge in [-0.1, -0.05) is 29.8 Å². The van der Waals surface area contributed by atoms with Gasteiger partial charge in [-0.25, -0.2) is 13.2 Å². The zero-order valence-electron chi connectivity index (χ0n) is 12.8. The van der Waals surface area contributed by atoms with Crippen LogP contribution in [0.2, 0.25) is 0 Å². The first kappa shape index (κ1) is 16.8. The standard InChI is InChI=1S/C16H18N2O4S/c1-11-3-9-14(10-4-11)23(20,21)15(18-16(17)19)12-5-7-13(22-2)8-6-12/h3-10,15H,1-2H3,(H3,17,18,19). The SMILES string of the molecule is COc1ccc(C(NC(N)=O)S(=O)(=O)c2ccc(C)cc2)cc1. The van der Waals surface area contributed by atoms with Gasteiger partial charge in [0.1, 0.15) is 5.75 Å². The van der Waals surface area contributed by atoms with Crippen LogP contribution in [0.25, 0.3) is 0 Å². The molecule has 1 unspecified atom stereocenters. The summed E-state index contributed by atoms with van der Waals surface area (Å²) < 4.78 is 30.7. The number of sulfone groups is 1. The highest BCUT2D eigenvalue weighted by Gasteiger charge is 2.30. The van der Waals surface area contributed by atoms with Crippen molar-refractivity contribution in [1.82, 2.24) is 5.32 Å². The Bertz CT molecular complexity index is 784. The van der Waals surface area contributed by atoms with E-state index in [-0.39, 0.29) is 4.90 Å². The Morgan fingerprint density at radius 1 is 1.09 bits per heavy atom. The molecule has 0 radical (unpaired) electrons. The van der Waals surface area contributed by atoms with Crippen LogP contribution in [0.3, 0.4) is 0 Å². The van der Waals surface area contributed by atoms with Gasteiger partial charge in [0.05, 0.1) is 12.0 Å². The van der Waals surface area contributed by atoms with Gasteiger partial charge in [-0.15, -0.1) is 0 Å². The number of carbonyl (C=O) groups is 1. The van der Waals surface area contributed by atoms with Crippen LogP contribution in [0.1, 0.15) is 16.5 Å². The lowest BCUT2D eigenvalue weighted by Gasteiger charge is -2.19. The molecule has 0 bridgehead atoms. The summed E-state index contributed by atoms with van der Waals surface area (Å²) in [6.45, 7) is 1.86. The van der Waals surface area contributed by atoms with Crippen molar-refractivity contribution in [2.24, 2.45) is 5.73 Å². The van der Waals surface area contributed by atoms with Crippen molar-refractivity contribution < 1.29 is 17.9 Å². The van der Waals surface area contributed by atoms with Crippen molar-refractivity contribution in [3.05, 3.63) is 59.7 Å². The van der Waals surface area contributed by atoms with Crippen molar-refractivity contribution in [3.63, 3.8) is 0 Å². The molecule has 3 N–H and O–H groups in total. The highest BCUT2D eigenvalue weighted by molar-refractivity contribution is 7.91. The average molecular weight is 334 g/mol. The molecular weight excluding hydrogens is 316 g/mol. The van der Waals surface area contributed by atoms with Crippen molar-refractivity contribution in [3.8, 4) is 5.75 Å². The predicted molar refractivity (Wildman–Crippen MR) is 86.8 cm³/mol.